The summed E-state index contributed by atoms with van der Waals surface area (Å²) in [4.78, 5) is 22.3. The Labute approximate surface area is 77.6 Å². The number of carbonyl (C=O) groups is 2. The molecule has 68 valence electrons. The first kappa shape index (κ1) is 9.65. The van der Waals surface area contributed by atoms with Crippen LogP contribution in [0.15, 0.2) is 36.5 Å². The van der Waals surface area contributed by atoms with E-state index in [0.717, 1.165) is 0 Å². The Morgan fingerprint density at radius 1 is 1.15 bits per heavy atom. The lowest BCUT2D eigenvalue weighted by molar-refractivity contribution is -0.125. The van der Waals surface area contributed by atoms with Gasteiger partial charge in [0.25, 0.3) is 0 Å². The quantitative estimate of drug-likeness (QED) is 0.476. The van der Waals surface area contributed by atoms with E-state index in [0.29, 0.717) is 24.8 Å². The van der Waals surface area contributed by atoms with Crippen LogP contribution in [0.25, 0.3) is 0 Å². The lowest BCUT2D eigenvalue weighted by Crippen LogP contribution is -2.16. The summed E-state index contributed by atoms with van der Waals surface area (Å²) >= 11 is 0. The first-order valence-electron chi connectivity index (χ1n) is 4.27. The van der Waals surface area contributed by atoms with Crippen LogP contribution in [0.2, 0.25) is 0 Å². The van der Waals surface area contributed by atoms with Crippen molar-refractivity contribution in [2.24, 2.45) is 0 Å². The van der Waals surface area contributed by atoms with Gasteiger partial charge in [0, 0.05) is 24.8 Å². The van der Waals surface area contributed by atoms with E-state index in [1.54, 1.807) is 24.3 Å². The highest BCUT2D eigenvalue weighted by Crippen LogP contribution is 2.16. The van der Waals surface area contributed by atoms with Crippen LogP contribution in [0.1, 0.15) is 19.3 Å². The Bertz CT molecular complexity index is 295. The third-order valence-corrected chi connectivity index (χ3v) is 1.92. The molecule has 2 heteroatoms. The molecule has 0 aromatic heterocycles. The molecule has 0 radical (unpaired) electrons. The average molecular weight is 176 g/mol. The number of carbonyl (C=O) groups excluding carboxylic acids is 2. The molecular weight excluding hydrogens is 164 g/mol. The van der Waals surface area contributed by atoms with E-state index in [2.05, 4.69) is 6.58 Å². The fourth-order valence-electron chi connectivity index (χ4n) is 1.22. The van der Waals surface area contributed by atoms with Crippen LogP contribution in [0.3, 0.4) is 0 Å². The zero-order valence-corrected chi connectivity index (χ0v) is 7.45. The molecule has 1 rings (SSSR count). The van der Waals surface area contributed by atoms with Crippen LogP contribution in [-0.2, 0) is 9.59 Å². The minimum Gasteiger partial charge on any atom is -0.299 e. The third kappa shape index (κ3) is 2.82. The Morgan fingerprint density at radius 2 is 1.92 bits per heavy atom. The highest BCUT2D eigenvalue weighted by molar-refractivity contribution is 6.05. The van der Waals surface area contributed by atoms with Crippen molar-refractivity contribution < 1.29 is 9.59 Å². The molecule has 0 unspecified atom stereocenters. The largest absolute Gasteiger partial charge is 0.299 e. The number of hydrogen-bond donors (Lipinski definition) is 0. The highest BCUT2D eigenvalue weighted by Gasteiger charge is 2.19. The summed E-state index contributed by atoms with van der Waals surface area (Å²) < 4.78 is 0. The first-order valence-corrected chi connectivity index (χ1v) is 4.27. The van der Waals surface area contributed by atoms with E-state index in [-0.39, 0.29) is 11.6 Å². The second kappa shape index (κ2) is 4.55. The maximum Gasteiger partial charge on any atom is 0.159 e. The van der Waals surface area contributed by atoms with Crippen molar-refractivity contribution in [3.63, 3.8) is 0 Å². The molecule has 0 amide bonds. The smallest absolute Gasteiger partial charge is 0.159 e. The van der Waals surface area contributed by atoms with Crippen molar-refractivity contribution >= 4 is 11.6 Å². The Balaban J connectivity index is 2.70. The highest BCUT2D eigenvalue weighted by atomic mass is 16.1. The van der Waals surface area contributed by atoms with Crippen LogP contribution in [0.5, 0.6) is 0 Å². The molecule has 0 heterocycles. The lowest BCUT2D eigenvalue weighted by atomic mass is 9.92. The van der Waals surface area contributed by atoms with Crippen LogP contribution < -0.4 is 0 Å². The summed E-state index contributed by atoms with van der Waals surface area (Å²) in [6, 6.07) is 0. The number of hydrogen-bond acceptors (Lipinski definition) is 2. The second-order valence-corrected chi connectivity index (χ2v) is 2.95. The van der Waals surface area contributed by atoms with E-state index in [1.165, 1.54) is 0 Å². The number of ketones is 2. The van der Waals surface area contributed by atoms with Crippen LogP contribution in [-0.4, -0.2) is 11.6 Å². The molecule has 1 aliphatic carbocycles. The predicted molar refractivity (Wildman–Crippen MR) is 51.3 cm³/mol. The molecule has 2 nitrogen and oxygen atoms in total. The second-order valence-electron chi connectivity index (χ2n) is 2.95. The zero-order valence-electron chi connectivity index (χ0n) is 7.45. The molecule has 1 fully saturated rings. The fraction of sp³-hybridized carbons (Fsp3) is 0.273. The summed E-state index contributed by atoms with van der Waals surface area (Å²) in [5.41, 5.74) is 0.620. The van der Waals surface area contributed by atoms with Crippen LogP contribution >= 0.6 is 0 Å². The molecule has 0 bridgehead atoms. The summed E-state index contributed by atoms with van der Waals surface area (Å²) in [7, 11) is 0. The van der Waals surface area contributed by atoms with Crippen molar-refractivity contribution in [1.29, 1.82) is 0 Å². The predicted octanol–water partition coefficient (Wildman–Crippen LogP) is 1.98. The maximum absolute atomic E-state index is 11.3. The van der Waals surface area contributed by atoms with E-state index < -0.39 is 0 Å². The molecule has 13 heavy (non-hydrogen) atoms. The van der Waals surface area contributed by atoms with Gasteiger partial charge < -0.3 is 0 Å². The van der Waals surface area contributed by atoms with Gasteiger partial charge in [0.1, 0.15) is 5.78 Å². The van der Waals surface area contributed by atoms with Crippen molar-refractivity contribution in [1.82, 2.24) is 0 Å². The number of rotatable bonds is 2. The monoisotopic (exact) mass is 176 g/mol. The standard InChI is InChI=1S/C11H12O2/c1-2-3-4-5-9-8-10(12)6-7-11(9)13/h2-5H,1,6-8H2/b4-3-,9-5+. The molecule has 0 saturated heterocycles. The number of Topliss-reactive ketones (excluding diaryl/α,β-unsaturated/α-hetero) is 2. The molecule has 0 spiro atoms. The molecule has 1 aliphatic rings. The molecule has 0 aromatic carbocycles. The van der Waals surface area contributed by atoms with Gasteiger partial charge in [-0.25, -0.2) is 0 Å². The Hall–Kier alpha value is -1.44. The maximum atomic E-state index is 11.3. The van der Waals surface area contributed by atoms with Crippen LogP contribution in [0.4, 0.5) is 0 Å². The molecule has 0 N–H and O–H groups in total. The molecule has 1 saturated carbocycles. The SMILES string of the molecule is C=C/C=C\C=C1/CC(=O)CCC1=O. The first-order chi connectivity index (χ1) is 6.24. The van der Waals surface area contributed by atoms with Crippen molar-refractivity contribution in [3.05, 3.63) is 36.5 Å². The van der Waals surface area contributed by atoms with E-state index in [1.807, 2.05) is 0 Å². The topological polar surface area (TPSA) is 34.1 Å². The minimum atomic E-state index is 0.0910. The molecule has 0 aliphatic heterocycles. The fourth-order valence-corrected chi connectivity index (χ4v) is 1.22. The van der Waals surface area contributed by atoms with Crippen molar-refractivity contribution in [2.75, 3.05) is 0 Å². The van der Waals surface area contributed by atoms with Gasteiger partial charge in [-0.3, -0.25) is 9.59 Å². The molecular formula is C11H12O2. The van der Waals surface area contributed by atoms with Gasteiger partial charge in [0.15, 0.2) is 5.78 Å². The van der Waals surface area contributed by atoms with Gasteiger partial charge in [-0.05, 0) is 0 Å². The third-order valence-electron chi connectivity index (χ3n) is 1.92. The summed E-state index contributed by atoms with van der Waals surface area (Å²) in [6.07, 6.45) is 7.86. The van der Waals surface area contributed by atoms with E-state index in [4.69, 9.17) is 0 Å². The Morgan fingerprint density at radius 3 is 2.62 bits per heavy atom. The van der Waals surface area contributed by atoms with Gasteiger partial charge in [-0.1, -0.05) is 30.9 Å². The van der Waals surface area contributed by atoms with Crippen molar-refractivity contribution in [3.8, 4) is 0 Å². The summed E-state index contributed by atoms with van der Waals surface area (Å²) in [5.74, 6) is 0.242. The van der Waals surface area contributed by atoms with Gasteiger partial charge in [-0.15, -0.1) is 0 Å². The van der Waals surface area contributed by atoms with Gasteiger partial charge in [0.2, 0.25) is 0 Å². The van der Waals surface area contributed by atoms with Crippen molar-refractivity contribution in [2.45, 2.75) is 19.3 Å². The van der Waals surface area contributed by atoms with Crippen LogP contribution in [0, 0.1) is 0 Å². The molecule has 0 atom stereocenters. The zero-order chi connectivity index (χ0) is 9.68. The van der Waals surface area contributed by atoms with Gasteiger partial charge in [0.05, 0.1) is 0 Å². The minimum absolute atomic E-state index is 0.0910. The van der Waals surface area contributed by atoms with Gasteiger partial charge >= 0.3 is 0 Å². The average Bonchev–Trinajstić information content (AvgIpc) is 2.11. The van der Waals surface area contributed by atoms with E-state index >= 15 is 0 Å². The normalized spacial score (nSPS) is 21.4. The Kier molecular flexibility index (Phi) is 3.38. The summed E-state index contributed by atoms with van der Waals surface area (Å²) in [6.45, 7) is 3.51. The lowest BCUT2D eigenvalue weighted by Gasteiger charge is -2.10. The van der Waals surface area contributed by atoms with E-state index in [9.17, 15) is 9.59 Å². The number of allylic oxidation sites excluding steroid dienone is 5. The van der Waals surface area contributed by atoms with Gasteiger partial charge in [-0.2, -0.15) is 0 Å². The summed E-state index contributed by atoms with van der Waals surface area (Å²) in [5, 5.41) is 0. The molecule has 0 aromatic rings.